The van der Waals surface area contributed by atoms with Crippen molar-refractivity contribution in [3.05, 3.63) is 17.5 Å². The summed E-state index contributed by atoms with van der Waals surface area (Å²) in [6.45, 7) is 7.25. The molecule has 1 amide bonds. The molecule has 0 aliphatic carbocycles. The van der Waals surface area contributed by atoms with Crippen LogP contribution in [0.5, 0.6) is 0 Å². The molecule has 5 heteroatoms. The number of amides is 1. The number of nitrogens with one attached hydrogen (secondary N) is 2. The maximum Gasteiger partial charge on any atom is 0.255 e. The summed E-state index contributed by atoms with van der Waals surface area (Å²) in [6, 6.07) is 0.500. The lowest BCUT2D eigenvalue weighted by atomic mass is 9.89. The highest BCUT2D eigenvalue weighted by Gasteiger charge is 2.29. The Morgan fingerprint density at radius 3 is 2.83 bits per heavy atom. The third-order valence-electron chi connectivity index (χ3n) is 4.00. The first kappa shape index (κ1) is 13.1. The van der Waals surface area contributed by atoms with E-state index in [1.807, 2.05) is 14.0 Å². The SMILES string of the molecule is Cc1c(C(=O)NC2C(C)CCNC2C)cnn1C. The Hall–Kier alpha value is -1.36. The van der Waals surface area contributed by atoms with Crippen LogP contribution in [0.15, 0.2) is 6.20 Å². The lowest BCUT2D eigenvalue weighted by molar-refractivity contribution is 0.0897. The molecule has 3 unspecified atom stereocenters. The number of piperidine rings is 1. The zero-order valence-corrected chi connectivity index (χ0v) is 11.5. The van der Waals surface area contributed by atoms with Crippen LogP contribution in [0.3, 0.4) is 0 Å². The van der Waals surface area contributed by atoms with Gasteiger partial charge in [0.2, 0.25) is 0 Å². The molecule has 0 radical (unpaired) electrons. The molecule has 0 aromatic carbocycles. The van der Waals surface area contributed by atoms with Crippen molar-refractivity contribution in [3.8, 4) is 0 Å². The van der Waals surface area contributed by atoms with Crippen LogP contribution < -0.4 is 10.6 Å². The van der Waals surface area contributed by atoms with Crippen molar-refractivity contribution >= 4 is 5.91 Å². The standard InChI is InChI=1S/C13H22N4O/c1-8-5-6-14-9(2)12(8)16-13(18)11-7-15-17(4)10(11)3/h7-9,12,14H,5-6H2,1-4H3,(H,16,18). The quantitative estimate of drug-likeness (QED) is 0.818. The Kier molecular flexibility index (Phi) is 3.71. The van der Waals surface area contributed by atoms with Gasteiger partial charge >= 0.3 is 0 Å². The molecule has 0 saturated carbocycles. The van der Waals surface area contributed by atoms with Gasteiger partial charge in [-0.05, 0) is 32.7 Å². The van der Waals surface area contributed by atoms with E-state index in [0.717, 1.165) is 18.7 Å². The first-order valence-electron chi connectivity index (χ1n) is 6.53. The largest absolute Gasteiger partial charge is 0.347 e. The van der Waals surface area contributed by atoms with Gasteiger partial charge in [0.05, 0.1) is 11.8 Å². The Bertz CT molecular complexity index is 430. The molecular weight excluding hydrogens is 228 g/mol. The normalized spacial score (nSPS) is 28.1. The molecule has 18 heavy (non-hydrogen) atoms. The summed E-state index contributed by atoms with van der Waals surface area (Å²) in [5.41, 5.74) is 1.57. The number of aromatic nitrogens is 2. The third kappa shape index (κ3) is 2.41. The summed E-state index contributed by atoms with van der Waals surface area (Å²) < 4.78 is 1.72. The summed E-state index contributed by atoms with van der Waals surface area (Å²) in [5, 5.41) is 10.6. The topological polar surface area (TPSA) is 59.0 Å². The van der Waals surface area contributed by atoms with Gasteiger partial charge in [-0.15, -0.1) is 0 Å². The van der Waals surface area contributed by atoms with E-state index in [-0.39, 0.29) is 11.9 Å². The van der Waals surface area contributed by atoms with Crippen LogP contribution in [0.4, 0.5) is 0 Å². The van der Waals surface area contributed by atoms with Crippen LogP contribution in [0.2, 0.25) is 0 Å². The summed E-state index contributed by atoms with van der Waals surface area (Å²) in [4.78, 5) is 12.2. The van der Waals surface area contributed by atoms with E-state index in [2.05, 4.69) is 29.6 Å². The fourth-order valence-corrected chi connectivity index (χ4v) is 2.56. The van der Waals surface area contributed by atoms with Crippen molar-refractivity contribution in [3.63, 3.8) is 0 Å². The van der Waals surface area contributed by atoms with Crippen LogP contribution in [0.1, 0.15) is 36.3 Å². The Morgan fingerprint density at radius 1 is 1.56 bits per heavy atom. The van der Waals surface area contributed by atoms with Gasteiger partial charge in [0.15, 0.2) is 0 Å². The first-order chi connectivity index (χ1) is 8.50. The van der Waals surface area contributed by atoms with E-state index in [9.17, 15) is 4.79 Å². The molecule has 1 aliphatic heterocycles. The van der Waals surface area contributed by atoms with Gasteiger partial charge < -0.3 is 10.6 Å². The van der Waals surface area contributed by atoms with Gasteiger partial charge in [0.25, 0.3) is 5.91 Å². The summed E-state index contributed by atoms with van der Waals surface area (Å²) in [6.07, 6.45) is 2.73. The molecule has 2 N–H and O–H groups in total. The average Bonchev–Trinajstić information content (AvgIpc) is 2.65. The Morgan fingerprint density at radius 2 is 2.28 bits per heavy atom. The van der Waals surface area contributed by atoms with Gasteiger partial charge in [0, 0.05) is 24.8 Å². The summed E-state index contributed by atoms with van der Waals surface area (Å²) in [7, 11) is 1.85. The average molecular weight is 250 g/mol. The van der Waals surface area contributed by atoms with E-state index in [0.29, 0.717) is 17.5 Å². The molecule has 0 spiro atoms. The second kappa shape index (κ2) is 5.10. The Labute approximate surface area is 108 Å². The molecule has 1 fully saturated rings. The zero-order valence-electron chi connectivity index (χ0n) is 11.5. The second-order valence-electron chi connectivity index (χ2n) is 5.28. The number of hydrogen-bond donors (Lipinski definition) is 2. The fraction of sp³-hybridized carbons (Fsp3) is 0.692. The predicted molar refractivity (Wildman–Crippen MR) is 70.4 cm³/mol. The highest BCUT2D eigenvalue weighted by atomic mass is 16.1. The summed E-state index contributed by atoms with van der Waals surface area (Å²) in [5.74, 6) is 0.482. The maximum absolute atomic E-state index is 12.2. The monoisotopic (exact) mass is 250 g/mol. The molecule has 1 aromatic rings. The van der Waals surface area contributed by atoms with Crippen LogP contribution in [0.25, 0.3) is 0 Å². The minimum Gasteiger partial charge on any atom is -0.347 e. The molecule has 2 rings (SSSR count). The van der Waals surface area contributed by atoms with E-state index >= 15 is 0 Å². The zero-order chi connectivity index (χ0) is 13.3. The maximum atomic E-state index is 12.2. The van der Waals surface area contributed by atoms with Gasteiger partial charge in [0.1, 0.15) is 0 Å². The van der Waals surface area contributed by atoms with Gasteiger partial charge in [-0.3, -0.25) is 9.48 Å². The number of aryl methyl sites for hydroxylation is 1. The van der Waals surface area contributed by atoms with E-state index in [1.165, 1.54) is 0 Å². The minimum atomic E-state index is -0.0204. The van der Waals surface area contributed by atoms with E-state index in [1.54, 1.807) is 10.9 Å². The lowest BCUT2D eigenvalue weighted by Gasteiger charge is -2.35. The number of rotatable bonds is 2. The summed E-state index contributed by atoms with van der Waals surface area (Å²) >= 11 is 0. The Balaban J connectivity index is 2.09. The first-order valence-corrected chi connectivity index (χ1v) is 6.53. The number of carbonyl (C=O) groups excluding carboxylic acids is 1. The third-order valence-corrected chi connectivity index (χ3v) is 4.00. The molecule has 5 nitrogen and oxygen atoms in total. The number of carbonyl (C=O) groups is 1. The van der Waals surface area contributed by atoms with E-state index < -0.39 is 0 Å². The second-order valence-corrected chi connectivity index (χ2v) is 5.28. The molecule has 100 valence electrons. The van der Waals surface area contributed by atoms with Crippen molar-refractivity contribution < 1.29 is 4.79 Å². The van der Waals surface area contributed by atoms with Crippen molar-refractivity contribution in [2.75, 3.05) is 6.54 Å². The number of nitrogens with zero attached hydrogens (tertiary/aromatic N) is 2. The van der Waals surface area contributed by atoms with Crippen LogP contribution in [-0.2, 0) is 7.05 Å². The fourth-order valence-electron chi connectivity index (χ4n) is 2.56. The number of hydrogen-bond acceptors (Lipinski definition) is 3. The molecule has 1 saturated heterocycles. The minimum absolute atomic E-state index is 0.0204. The predicted octanol–water partition coefficient (Wildman–Crippen LogP) is 0.845. The molecular formula is C13H22N4O. The molecule has 2 heterocycles. The lowest BCUT2D eigenvalue weighted by Crippen LogP contribution is -2.55. The van der Waals surface area contributed by atoms with Crippen molar-refractivity contribution in [2.24, 2.45) is 13.0 Å². The van der Waals surface area contributed by atoms with Crippen LogP contribution in [-0.4, -0.2) is 34.3 Å². The van der Waals surface area contributed by atoms with E-state index in [4.69, 9.17) is 0 Å². The molecule has 3 atom stereocenters. The highest BCUT2D eigenvalue weighted by molar-refractivity contribution is 5.95. The van der Waals surface area contributed by atoms with Gasteiger partial charge in [-0.25, -0.2) is 0 Å². The van der Waals surface area contributed by atoms with Crippen molar-refractivity contribution in [2.45, 2.75) is 39.3 Å². The van der Waals surface area contributed by atoms with Crippen LogP contribution in [0, 0.1) is 12.8 Å². The molecule has 1 aromatic heterocycles. The smallest absolute Gasteiger partial charge is 0.255 e. The van der Waals surface area contributed by atoms with Gasteiger partial charge in [-0.2, -0.15) is 5.10 Å². The van der Waals surface area contributed by atoms with Crippen LogP contribution >= 0.6 is 0 Å². The molecule has 0 bridgehead atoms. The highest BCUT2D eigenvalue weighted by Crippen LogP contribution is 2.17. The van der Waals surface area contributed by atoms with Crippen molar-refractivity contribution in [1.29, 1.82) is 0 Å². The van der Waals surface area contributed by atoms with Gasteiger partial charge in [-0.1, -0.05) is 6.92 Å². The van der Waals surface area contributed by atoms with Crippen molar-refractivity contribution in [1.82, 2.24) is 20.4 Å². The molecule has 1 aliphatic rings.